The number of carbonyl (C=O) groups is 1. The molecular weight excluding hydrogens is 254 g/mol. The molecule has 0 aliphatic rings. The molecule has 18 heavy (non-hydrogen) atoms. The number of hydrogen-bond acceptors (Lipinski definition) is 3. The molecule has 2 aromatic rings. The first-order chi connectivity index (χ1) is 8.66. The van der Waals surface area contributed by atoms with Crippen molar-refractivity contribution in [2.45, 2.75) is 13.0 Å². The van der Waals surface area contributed by atoms with Crippen molar-refractivity contribution in [2.75, 3.05) is 6.54 Å². The zero-order chi connectivity index (χ0) is 13.0. The first kappa shape index (κ1) is 12.6. The molecule has 0 fully saturated rings. The van der Waals surface area contributed by atoms with Gasteiger partial charge >= 0.3 is 0 Å². The summed E-state index contributed by atoms with van der Waals surface area (Å²) in [5.41, 5.74) is 0. The number of nitrogens with zero attached hydrogens (tertiary/aromatic N) is 4. The van der Waals surface area contributed by atoms with E-state index in [9.17, 15) is 4.79 Å². The third-order valence-corrected chi connectivity index (χ3v) is 2.67. The summed E-state index contributed by atoms with van der Waals surface area (Å²) in [6, 6.07) is 0. The van der Waals surface area contributed by atoms with Gasteiger partial charge in [0.1, 0.15) is 0 Å². The number of halogens is 1. The lowest BCUT2D eigenvalue weighted by Gasteiger charge is -2.05. The van der Waals surface area contributed by atoms with E-state index in [4.69, 9.17) is 11.6 Å². The number of rotatable bonds is 5. The van der Waals surface area contributed by atoms with Gasteiger partial charge in [-0.1, -0.05) is 11.6 Å². The molecule has 0 aromatic carbocycles. The predicted molar refractivity (Wildman–Crippen MR) is 67.4 cm³/mol. The molecule has 0 bridgehead atoms. The highest BCUT2D eigenvalue weighted by molar-refractivity contribution is 6.30. The average Bonchev–Trinajstić information content (AvgIpc) is 2.93. The molecule has 0 saturated carbocycles. The molecule has 2 heterocycles. The minimum absolute atomic E-state index is 0.166. The highest BCUT2D eigenvalue weighted by Crippen LogP contribution is 2.04. The van der Waals surface area contributed by atoms with E-state index in [0.717, 1.165) is 6.42 Å². The molecular formula is C11H14ClN5O. The van der Waals surface area contributed by atoms with Crippen LogP contribution in [0.2, 0.25) is 5.02 Å². The lowest BCUT2D eigenvalue weighted by atomic mass is 10.4. The van der Waals surface area contributed by atoms with Crippen molar-refractivity contribution in [1.82, 2.24) is 24.6 Å². The zero-order valence-electron chi connectivity index (χ0n) is 10.0. The van der Waals surface area contributed by atoms with Crippen LogP contribution in [0.4, 0.5) is 0 Å². The van der Waals surface area contributed by atoms with E-state index in [2.05, 4.69) is 15.4 Å². The Balaban J connectivity index is 1.73. The van der Waals surface area contributed by atoms with Gasteiger partial charge in [-0.25, -0.2) is 4.98 Å². The summed E-state index contributed by atoms with van der Waals surface area (Å²) >= 11 is 5.74. The van der Waals surface area contributed by atoms with Crippen LogP contribution in [0.3, 0.4) is 0 Å². The van der Waals surface area contributed by atoms with Gasteiger partial charge in [0.15, 0.2) is 5.82 Å². The van der Waals surface area contributed by atoms with Crippen molar-refractivity contribution in [2.24, 2.45) is 7.05 Å². The van der Waals surface area contributed by atoms with Gasteiger partial charge < -0.3 is 9.88 Å². The summed E-state index contributed by atoms with van der Waals surface area (Å²) < 4.78 is 3.43. The number of carbonyl (C=O) groups excluding carboxylic acids is 1. The first-order valence-corrected chi connectivity index (χ1v) is 5.98. The van der Waals surface area contributed by atoms with Crippen molar-refractivity contribution in [3.63, 3.8) is 0 Å². The fraction of sp³-hybridized carbons (Fsp3) is 0.364. The van der Waals surface area contributed by atoms with E-state index in [1.165, 1.54) is 0 Å². The van der Waals surface area contributed by atoms with Crippen molar-refractivity contribution in [3.8, 4) is 0 Å². The third-order valence-electron chi connectivity index (χ3n) is 2.48. The summed E-state index contributed by atoms with van der Waals surface area (Å²) in [4.78, 5) is 15.7. The fourth-order valence-electron chi connectivity index (χ4n) is 1.57. The fourth-order valence-corrected chi connectivity index (χ4v) is 1.72. The Bertz CT molecular complexity index is 533. The van der Waals surface area contributed by atoms with E-state index < -0.39 is 0 Å². The van der Waals surface area contributed by atoms with Crippen LogP contribution in [0, 0.1) is 0 Å². The molecule has 6 nitrogen and oxygen atoms in total. The lowest BCUT2D eigenvalue weighted by Crippen LogP contribution is -2.27. The first-order valence-electron chi connectivity index (χ1n) is 5.60. The molecule has 0 aliphatic carbocycles. The number of imidazole rings is 1. The molecule has 1 N–H and O–H groups in total. The maximum atomic E-state index is 11.7. The maximum Gasteiger partial charge on any atom is 0.287 e. The maximum absolute atomic E-state index is 11.7. The van der Waals surface area contributed by atoms with E-state index in [0.29, 0.717) is 23.9 Å². The number of aryl methyl sites for hydroxylation is 2. The number of aromatic nitrogens is 4. The SMILES string of the molecule is Cn1ccnc1C(=O)NCCCn1cc(Cl)cn1. The molecule has 0 atom stereocenters. The van der Waals surface area contributed by atoms with Crippen molar-refractivity contribution < 1.29 is 4.79 Å². The Morgan fingerprint density at radius 3 is 3.00 bits per heavy atom. The number of nitrogens with one attached hydrogen (secondary N) is 1. The normalized spacial score (nSPS) is 10.6. The summed E-state index contributed by atoms with van der Waals surface area (Å²) in [7, 11) is 1.79. The van der Waals surface area contributed by atoms with E-state index in [1.54, 1.807) is 41.1 Å². The predicted octanol–water partition coefficient (Wildman–Crippen LogP) is 1.09. The van der Waals surface area contributed by atoms with E-state index in [1.807, 2.05) is 0 Å². The largest absolute Gasteiger partial charge is 0.349 e. The van der Waals surface area contributed by atoms with Gasteiger partial charge in [0.25, 0.3) is 5.91 Å². The Morgan fingerprint density at radius 2 is 2.39 bits per heavy atom. The van der Waals surface area contributed by atoms with Gasteiger partial charge in [-0.15, -0.1) is 0 Å². The van der Waals surface area contributed by atoms with Gasteiger partial charge in [-0.05, 0) is 6.42 Å². The van der Waals surface area contributed by atoms with Gasteiger partial charge in [0.05, 0.1) is 11.2 Å². The quantitative estimate of drug-likeness (QED) is 0.825. The molecule has 0 saturated heterocycles. The van der Waals surface area contributed by atoms with Crippen molar-refractivity contribution >= 4 is 17.5 Å². The Hall–Kier alpha value is -1.82. The topological polar surface area (TPSA) is 64.7 Å². The van der Waals surface area contributed by atoms with Crippen molar-refractivity contribution in [3.05, 3.63) is 35.6 Å². The van der Waals surface area contributed by atoms with Crippen LogP contribution in [0.25, 0.3) is 0 Å². The lowest BCUT2D eigenvalue weighted by molar-refractivity contribution is 0.0939. The van der Waals surface area contributed by atoms with Gasteiger partial charge in [-0.3, -0.25) is 9.48 Å². The number of hydrogen-bond donors (Lipinski definition) is 1. The van der Waals surface area contributed by atoms with Crippen molar-refractivity contribution in [1.29, 1.82) is 0 Å². The monoisotopic (exact) mass is 267 g/mol. The third kappa shape index (κ3) is 3.10. The van der Waals surface area contributed by atoms with Crippen LogP contribution in [0.15, 0.2) is 24.8 Å². The molecule has 7 heteroatoms. The molecule has 1 amide bonds. The standard InChI is InChI=1S/C11H14ClN5O/c1-16-6-4-13-10(16)11(18)14-3-2-5-17-8-9(12)7-15-17/h4,6-8H,2-3,5H2,1H3,(H,14,18). The smallest absolute Gasteiger partial charge is 0.287 e. The van der Waals surface area contributed by atoms with Gasteiger partial charge in [0.2, 0.25) is 0 Å². The molecule has 0 unspecified atom stereocenters. The molecule has 2 rings (SSSR count). The molecule has 0 spiro atoms. The summed E-state index contributed by atoms with van der Waals surface area (Å²) in [6.07, 6.45) is 7.46. The van der Waals surface area contributed by atoms with Gasteiger partial charge in [0, 0.05) is 38.7 Å². The van der Waals surface area contributed by atoms with Crippen LogP contribution in [0.5, 0.6) is 0 Å². The second-order valence-corrected chi connectivity index (χ2v) is 4.33. The van der Waals surface area contributed by atoms with Crippen LogP contribution < -0.4 is 5.32 Å². The molecule has 0 aliphatic heterocycles. The van der Waals surface area contributed by atoms with Crippen LogP contribution in [-0.2, 0) is 13.6 Å². The Labute approximate surface area is 110 Å². The zero-order valence-corrected chi connectivity index (χ0v) is 10.8. The Morgan fingerprint density at radius 1 is 1.56 bits per heavy atom. The van der Waals surface area contributed by atoms with E-state index in [-0.39, 0.29) is 5.91 Å². The molecule has 2 aromatic heterocycles. The van der Waals surface area contributed by atoms with Crippen LogP contribution >= 0.6 is 11.6 Å². The molecule has 96 valence electrons. The van der Waals surface area contributed by atoms with E-state index >= 15 is 0 Å². The summed E-state index contributed by atoms with van der Waals surface area (Å²) in [6.45, 7) is 1.29. The average molecular weight is 268 g/mol. The minimum atomic E-state index is -0.166. The van der Waals surface area contributed by atoms with Crippen LogP contribution in [-0.4, -0.2) is 31.8 Å². The Kier molecular flexibility index (Phi) is 3.99. The molecule has 0 radical (unpaired) electrons. The minimum Gasteiger partial charge on any atom is -0.349 e. The second kappa shape index (κ2) is 5.68. The summed E-state index contributed by atoms with van der Waals surface area (Å²) in [5.74, 6) is 0.248. The van der Waals surface area contributed by atoms with Gasteiger partial charge in [-0.2, -0.15) is 5.10 Å². The number of amides is 1. The van der Waals surface area contributed by atoms with Crippen LogP contribution in [0.1, 0.15) is 17.0 Å². The summed E-state index contributed by atoms with van der Waals surface area (Å²) in [5, 5.41) is 7.48. The highest BCUT2D eigenvalue weighted by Gasteiger charge is 2.09. The second-order valence-electron chi connectivity index (χ2n) is 3.89. The highest BCUT2D eigenvalue weighted by atomic mass is 35.5.